The van der Waals surface area contributed by atoms with Crippen LogP contribution < -0.4 is 10.1 Å². The molecule has 0 saturated carbocycles. The van der Waals surface area contributed by atoms with Gasteiger partial charge in [0.25, 0.3) is 0 Å². The zero-order valence-electron chi connectivity index (χ0n) is 14.9. The molecule has 9 heteroatoms. The van der Waals surface area contributed by atoms with Crippen LogP contribution in [0.2, 0.25) is 0 Å². The van der Waals surface area contributed by atoms with Crippen LogP contribution in [-0.4, -0.2) is 55.2 Å². The molecule has 1 fully saturated rings. The van der Waals surface area contributed by atoms with Gasteiger partial charge in [0.2, 0.25) is 15.9 Å². The van der Waals surface area contributed by atoms with Crippen LogP contribution in [0.1, 0.15) is 25.3 Å². The maximum absolute atomic E-state index is 12.5. The maximum atomic E-state index is 12.5. The van der Waals surface area contributed by atoms with Gasteiger partial charge in [-0.2, -0.15) is 0 Å². The van der Waals surface area contributed by atoms with E-state index in [9.17, 15) is 18.0 Å². The SMILES string of the molecule is CCS(=O)(=O)N1CCCC(C(=O)Nc2ccc(OCC(=O)O)cc2C)C1. The first kappa shape index (κ1) is 20.2. The summed E-state index contributed by atoms with van der Waals surface area (Å²) in [7, 11) is -3.30. The molecule has 2 N–H and O–H groups in total. The summed E-state index contributed by atoms with van der Waals surface area (Å²) in [6.07, 6.45) is 1.29. The largest absolute Gasteiger partial charge is 0.482 e. The zero-order valence-corrected chi connectivity index (χ0v) is 15.7. The Kier molecular flexibility index (Phi) is 6.60. The summed E-state index contributed by atoms with van der Waals surface area (Å²) in [6.45, 7) is 3.58. The first-order chi connectivity index (χ1) is 12.2. The predicted molar refractivity (Wildman–Crippen MR) is 96.7 cm³/mol. The molecule has 1 saturated heterocycles. The minimum Gasteiger partial charge on any atom is -0.482 e. The summed E-state index contributed by atoms with van der Waals surface area (Å²) in [5.41, 5.74) is 1.32. The Labute approximate surface area is 153 Å². The monoisotopic (exact) mass is 384 g/mol. The minimum absolute atomic E-state index is 0.0260. The van der Waals surface area contributed by atoms with Gasteiger partial charge in [0.15, 0.2) is 6.61 Å². The van der Waals surface area contributed by atoms with Crippen molar-refractivity contribution < 1.29 is 27.9 Å². The Morgan fingerprint density at radius 2 is 2.12 bits per heavy atom. The Bertz CT molecular complexity index is 777. The van der Waals surface area contributed by atoms with Crippen molar-refractivity contribution in [2.75, 3.05) is 30.8 Å². The maximum Gasteiger partial charge on any atom is 0.341 e. The average molecular weight is 384 g/mol. The number of hydrogen-bond acceptors (Lipinski definition) is 5. The topological polar surface area (TPSA) is 113 Å². The van der Waals surface area contributed by atoms with Crippen molar-refractivity contribution in [2.45, 2.75) is 26.7 Å². The third-order valence-electron chi connectivity index (χ3n) is 4.33. The summed E-state index contributed by atoms with van der Waals surface area (Å²) in [5.74, 6) is -1.25. The normalized spacial score (nSPS) is 18.3. The third-order valence-corrected chi connectivity index (χ3v) is 6.18. The van der Waals surface area contributed by atoms with E-state index in [1.165, 1.54) is 4.31 Å². The van der Waals surface area contributed by atoms with Crippen molar-refractivity contribution in [1.82, 2.24) is 4.31 Å². The van der Waals surface area contributed by atoms with E-state index in [1.54, 1.807) is 32.0 Å². The van der Waals surface area contributed by atoms with Crippen LogP contribution in [0, 0.1) is 12.8 Å². The number of carboxylic acid groups (broad SMARTS) is 1. The minimum atomic E-state index is -3.30. The Morgan fingerprint density at radius 3 is 2.73 bits per heavy atom. The number of ether oxygens (including phenoxy) is 1. The molecule has 2 rings (SSSR count). The molecule has 1 aromatic carbocycles. The lowest BCUT2D eigenvalue weighted by atomic mass is 9.98. The summed E-state index contributed by atoms with van der Waals surface area (Å²) in [6, 6.07) is 4.88. The number of hydrogen-bond donors (Lipinski definition) is 2. The average Bonchev–Trinajstić information content (AvgIpc) is 2.62. The lowest BCUT2D eigenvalue weighted by molar-refractivity contribution is -0.139. The lowest BCUT2D eigenvalue weighted by Crippen LogP contribution is -2.44. The molecule has 0 bridgehead atoms. The second-order valence-electron chi connectivity index (χ2n) is 6.25. The Balaban J connectivity index is 2.01. The molecule has 8 nitrogen and oxygen atoms in total. The smallest absolute Gasteiger partial charge is 0.341 e. The highest BCUT2D eigenvalue weighted by Gasteiger charge is 2.31. The van der Waals surface area contributed by atoms with Gasteiger partial charge < -0.3 is 15.2 Å². The van der Waals surface area contributed by atoms with Crippen molar-refractivity contribution in [2.24, 2.45) is 5.92 Å². The molecule has 1 unspecified atom stereocenters. The van der Waals surface area contributed by atoms with Crippen molar-refractivity contribution in [1.29, 1.82) is 0 Å². The fourth-order valence-corrected chi connectivity index (χ4v) is 4.02. The Hall–Kier alpha value is -2.13. The number of carboxylic acids is 1. The van der Waals surface area contributed by atoms with E-state index in [-0.39, 0.29) is 18.2 Å². The first-order valence-corrected chi connectivity index (χ1v) is 10.1. The molecular weight excluding hydrogens is 360 g/mol. The van der Waals surface area contributed by atoms with Crippen LogP contribution in [0.4, 0.5) is 5.69 Å². The molecule has 26 heavy (non-hydrogen) atoms. The van der Waals surface area contributed by atoms with Gasteiger partial charge >= 0.3 is 5.97 Å². The third kappa shape index (κ3) is 5.18. The number of nitrogens with one attached hydrogen (secondary N) is 1. The van der Waals surface area contributed by atoms with E-state index >= 15 is 0 Å². The highest BCUT2D eigenvalue weighted by atomic mass is 32.2. The van der Waals surface area contributed by atoms with E-state index in [4.69, 9.17) is 9.84 Å². The Morgan fingerprint density at radius 1 is 1.38 bits per heavy atom. The fourth-order valence-electron chi connectivity index (χ4n) is 2.84. The molecule has 0 radical (unpaired) electrons. The van der Waals surface area contributed by atoms with Crippen molar-refractivity contribution >= 4 is 27.6 Å². The molecule has 1 heterocycles. The summed E-state index contributed by atoms with van der Waals surface area (Å²) < 4.78 is 30.5. The van der Waals surface area contributed by atoms with Crippen molar-refractivity contribution in [3.63, 3.8) is 0 Å². The van der Waals surface area contributed by atoms with Crippen LogP contribution in [0.15, 0.2) is 18.2 Å². The quantitative estimate of drug-likeness (QED) is 0.736. The van der Waals surface area contributed by atoms with E-state index in [2.05, 4.69) is 5.32 Å². The number of nitrogens with zero attached hydrogens (tertiary/aromatic N) is 1. The lowest BCUT2D eigenvalue weighted by Gasteiger charge is -2.31. The van der Waals surface area contributed by atoms with E-state index < -0.39 is 28.5 Å². The van der Waals surface area contributed by atoms with Gasteiger partial charge in [-0.05, 0) is 50.5 Å². The molecule has 1 atom stereocenters. The molecular formula is C17H24N2O6S. The van der Waals surface area contributed by atoms with E-state index in [0.717, 1.165) is 5.56 Å². The highest BCUT2D eigenvalue weighted by molar-refractivity contribution is 7.89. The van der Waals surface area contributed by atoms with Crippen LogP contribution in [-0.2, 0) is 19.6 Å². The fraction of sp³-hybridized carbons (Fsp3) is 0.529. The number of aliphatic carboxylic acids is 1. The second-order valence-corrected chi connectivity index (χ2v) is 8.50. The van der Waals surface area contributed by atoms with Crippen molar-refractivity contribution in [3.05, 3.63) is 23.8 Å². The molecule has 1 aliphatic rings. The summed E-state index contributed by atoms with van der Waals surface area (Å²) in [4.78, 5) is 23.1. The van der Waals surface area contributed by atoms with E-state index in [0.29, 0.717) is 30.8 Å². The standard InChI is InChI=1S/C17H24N2O6S/c1-3-26(23,24)19-8-4-5-13(10-19)17(22)18-15-7-6-14(9-12(15)2)25-11-16(20)21/h6-7,9,13H,3-5,8,10-11H2,1-2H3,(H,18,22)(H,20,21). The number of amides is 1. The summed E-state index contributed by atoms with van der Waals surface area (Å²) in [5, 5.41) is 11.5. The number of sulfonamides is 1. The van der Waals surface area contributed by atoms with Crippen molar-refractivity contribution in [3.8, 4) is 5.75 Å². The van der Waals surface area contributed by atoms with Crippen LogP contribution in [0.25, 0.3) is 0 Å². The molecule has 0 aliphatic carbocycles. The predicted octanol–water partition coefficient (Wildman–Crippen LogP) is 1.46. The molecule has 1 aliphatic heterocycles. The van der Waals surface area contributed by atoms with Crippen LogP contribution in [0.5, 0.6) is 5.75 Å². The highest BCUT2D eigenvalue weighted by Crippen LogP contribution is 2.24. The molecule has 0 spiro atoms. The van der Waals surface area contributed by atoms with Crippen LogP contribution in [0.3, 0.4) is 0 Å². The van der Waals surface area contributed by atoms with Gasteiger partial charge in [-0.25, -0.2) is 17.5 Å². The second kappa shape index (κ2) is 8.50. The number of carbonyl (C=O) groups is 2. The van der Waals surface area contributed by atoms with Gasteiger partial charge in [0.1, 0.15) is 5.75 Å². The molecule has 1 amide bonds. The first-order valence-electron chi connectivity index (χ1n) is 8.47. The zero-order chi connectivity index (χ0) is 19.3. The summed E-state index contributed by atoms with van der Waals surface area (Å²) >= 11 is 0. The van der Waals surface area contributed by atoms with Gasteiger partial charge in [0.05, 0.1) is 11.7 Å². The van der Waals surface area contributed by atoms with Gasteiger partial charge in [0, 0.05) is 18.8 Å². The van der Waals surface area contributed by atoms with Gasteiger partial charge in [-0.15, -0.1) is 0 Å². The number of rotatable bonds is 7. The number of piperidine rings is 1. The number of carbonyl (C=O) groups excluding carboxylic acids is 1. The number of aryl methyl sites for hydroxylation is 1. The van der Waals surface area contributed by atoms with Crippen LogP contribution >= 0.6 is 0 Å². The van der Waals surface area contributed by atoms with Gasteiger partial charge in [-0.1, -0.05) is 0 Å². The van der Waals surface area contributed by atoms with Gasteiger partial charge in [-0.3, -0.25) is 4.79 Å². The molecule has 1 aromatic rings. The van der Waals surface area contributed by atoms with E-state index in [1.807, 2.05) is 0 Å². The molecule has 144 valence electrons. The number of benzene rings is 1. The molecule has 0 aromatic heterocycles. The number of anilines is 1.